The highest BCUT2D eigenvalue weighted by molar-refractivity contribution is 5.01. The van der Waals surface area contributed by atoms with E-state index in [2.05, 4.69) is 0 Å². The fraction of sp³-hybridized carbons (Fsp3) is 1.00. The van der Waals surface area contributed by atoms with Crippen molar-refractivity contribution in [2.45, 2.75) is 50.2 Å². The normalized spacial score (nSPS) is 52.5. The van der Waals surface area contributed by atoms with Crippen LogP contribution in [0.25, 0.3) is 0 Å². The minimum atomic E-state index is 0.0298. The zero-order chi connectivity index (χ0) is 12.2. The standard InChI is InChI=1S/C15H25NO2/c16-14(13-6-11-5-12(11)7-13)10-1-3-18-15(8-10)2-4-17-9-15/h10-14H,1-9,16H2. The number of nitrogens with two attached hydrogens (primary N) is 1. The molecule has 0 aromatic heterocycles. The topological polar surface area (TPSA) is 44.5 Å². The molecule has 3 heteroatoms. The molecular formula is C15H25NO2. The first kappa shape index (κ1) is 11.7. The molecule has 4 rings (SSSR count). The van der Waals surface area contributed by atoms with Crippen molar-refractivity contribution >= 4 is 0 Å². The first-order valence-corrected chi connectivity index (χ1v) is 7.73. The van der Waals surface area contributed by atoms with Crippen molar-refractivity contribution in [2.24, 2.45) is 29.4 Å². The SMILES string of the molecule is NC(C1CC2CC2C1)C1CCOC2(CCOC2)C1. The summed E-state index contributed by atoms with van der Waals surface area (Å²) in [5.74, 6) is 3.56. The molecule has 5 atom stereocenters. The Morgan fingerprint density at radius 3 is 2.61 bits per heavy atom. The first-order valence-electron chi connectivity index (χ1n) is 7.73. The third-order valence-corrected chi connectivity index (χ3v) is 5.97. The third kappa shape index (κ3) is 1.91. The molecule has 0 bridgehead atoms. The van der Waals surface area contributed by atoms with Crippen molar-refractivity contribution in [2.75, 3.05) is 19.8 Å². The summed E-state index contributed by atoms with van der Waals surface area (Å²) in [6.07, 6.45) is 7.69. The summed E-state index contributed by atoms with van der Waals surface area (Å²) < 4.78 is 11.6. The van der Waals surface area contributed by atoms with Crippen molar-refractivity contribution in [3.63, 3.8) is 0 Å². The van der Waals surface area contributed by atoms with Crippen molar-refractivity contribution in [1.29, 1.82) is 0 Å². The van der Waals surface area contributed by atoms with Crippen LogP contribution in [0.15, 0.2) is 0 Å². The smallest absolute Gasteiger partial charge is 0.0939 e. The van der Waals surface area contributed by atoms with E-state index in [0.29, 0.717) is 12.0 Å². The number of rotatable bonds is 2. The molecule has 18 heavy (non-hydrogen) atoms. The van der Waals surface area contributed by atoms with E-state index < -0.39 is 0 Å². The van der Waals surface area contributed by atoms with Gasteiger partial charge in [-0.25, -0.2) is 0 Å². The summed E-state index contributed by atoms with van der Waals surface area (Å²) in [5, 5.41) is 0. The van der Waals surface area contributed by atoms with Crippen LogP contribution in [0.2, 0.25) is 0 Å². The van der Waals surface area contributed by atoms with Gasteiger partial charge >= 0.3 is 0 Å². The van der Waals surface area contributed by atoms with Gasteiger partial charge in [-0.15, -0.1) is 0 Å². The van der Waals surface area contributed by atoms with E-state index in [9.17, 15) is 0 Å². The highest BCUT2D eigenvalue weighted by Gasteiger charge is 2.50. The van der Waals surface area contributed by atoms with Crippen molar-refractivity contribution in [3.8, 4) is 0 Å². The van der Waals surface area contributed by atoms with Crippen LogP contribution in [0.1, 0.15) is 38.5 Å². The second kappa shape index (κ2) is 4.19. The van der Waals surface area contributed by atoms with E-state index in [-0.39, 0.29) is 5.60 Å². The Kier molecular flexibility index (Phi) is 2.72. The lowest BCUT2D eigenvalue weighted by Gasteiger charge is -2.41. The lowest BCUT2D eigenvalue weighted by Crippen LogP contribution is -2.48. The van der Waals surface area contributed by atoms with Gasteiger partial charge in [0.25, 0.3) is 0 Å². The van der Waals surface area contributed by atoms with E-state index in [1.807, 2.05) is 0 Å². The summed E-state index contributed by atoms with van der Waals surface area (Å²) >= 11 is 0. The Morgan fingerprint density at radius 2 is 1.89 bits per heavy atom. The highest BCUT2D eigenvalue weighted by Crippen LogP contribution is 2.56. The third-order valence-electron chi connectivity index (χ3n) is 5.97. The van der Waals surface area contributed by atoms with E-state index in [1.54, 1.807) is 0 Å². The minimum Gasteiger partial charge on any atom is -0.378 e. The van der Waals surface area contributed by atoms with Gasteiger partial charge in [-0.05, 0) is 55.8 Å². The molecule has 2 aliphatic heterocycles. The molecule has 2 heterocycles. The summed E-state index contributed by atoms with van der Waals surface area (Å²) in [5.41, 5.74) is 6.62. The predicted molar refractivity (Wildman–Crippen MR) is 69.1 cm³/mol. The lowest BCUT2D eigenvalue weighted by atomic mass is 9.76. The molecule has 2 saturated carbocycles. The van der Waals surface area contributed by atoms with E-state index in [1.165, 1.54) is 19.3 Å². The molecule has 0 aromatic rings. The molecule has 2 saturated heterocycles. The number of hydrogen-bond acceptors (Lipinski definition) is 3. The predicted octanol–water partition coefficient (Wildman–Crippen LogP) is 1.95. The van der Waals surface area contributed by atoms with Gasteiger partial charge in [-0.3, -0.25) is 0 Å². The maximum atomic E-state index is 6.59. The summed E-state index contributed by atoms with van der Waals surface area (Å²) in [4.78, 5) is 0. The Labute approximate surface area is 109 Å². The molecule has 2 N–H and O–H groups in total. The molecule has 0 amide bonds. The molecule has 3 nitrogen and oxygen atoms in total. The fourth-order valence-electron chi connectivity index (χ4n) is 4.72. The van der Waals surface area contributed by atoms with E-state index >= 15 is 0 Å². The van der Waals surface area contributed by atoms with Gasteiger partial charge in [0.1, 0.15) is 0 Å². The van der Waals surface area contributed by atoms with Crippen LogP contribution in [0.5, 0.6) is 0 Å². The van der Waals surface area contributed by atoms with Gasteiger partial charge in [-0.1, -0.05) is 0 Å². The molecule has 2 aliphatic carbocycles. The number of hydrogen-bond donors (Lipinski definition) is 1. The average molecular weight is 251 g/mol. The zero-order valence-corrected chi connectivity index (χ0v) is 11.1. The van der Waals surface area contributed by atoms with Gasteiger partial charge in [0.2, 0.25) is 0 Å². The van der Waals surface area contributed by atoms with Crippen LogP contribution in [0.4, 0.5) is 0 Å². The van der Waals surface area contributed by atoms with E-state index in [0.717, 1.165) is 56.8 Å². The number of fused-ring (bicyclic) bond motifs is 1. The second-order valence-corrected chi connectivity index (χ2v) is 7.15. The molecule has 1 spiro atoms. The van der Waals surface area contributed by atoms with Crippen LogP contribution in [0.3, 0.4) is 0 Å². The molecule has 4 fully saturated rings. The molecule has 0 aromatic carbocycles. The zero-order valence-electron chi connectivity index (χ0n) is 11.1. The Morgan fingerprint density at radius 1 is 1.06 bits per heavy atom. The molecule has 5 unspecified atom stereocenters. The van der Waals surface area contributed by atoms with Crippen LogP contribution in [0, 0.1) is 23.7 Å². The van der Waals surface area contributed by atoms with Gasteiger partial charge in [-0.2, -0.15) is 0 Å². The Balaban J connectivity index is 1.40. The number of ether oxygens (including phenoxy) is 2. The largest absolute Gasteiger partial charge is 0.378 e. The second-order valence-electron chi connectivity index (χ2n) is 7.15. The fourth-order valence-corrected chi connectivity index (χ4v) is 4.72. The Bertz CT molecular complexity index is 316. The average Bonchev–Trinajstić information content (AvgIpc) is 2.80. The van der Waals surface area contributed by atoms with Crippen molar-refractivity contribution in [1.82, 2.24) is 0 Å². The molecule has 0 radical (unpaired) electrons. The van der Waals surface area contributed by atoms with Crippen molar-refractivity contribution < 1.29 is 9.47 Å². The van der Waals surface area contributed by atoms with Crippen LogP contribution in [-0.2, 0) is 9.47 Å². The maximum Gasteiger partial charge on any atom is 0.0939 e. The van der Waals surface area contributed by atoms with E-state index in [4.69, 9.17) is 15.2 Å². The van der Waals surface area contributed by atoms with Crippen molar-refractivity contribution in [3.05, 3.63) is 0 Å². The molecular weight excluding hydrogens is 226 g/mol. The van der Waals surface area contributed by atoms with Crippen LogP contribution < -0.4 is 5.73 Å². The van der Waals surface area contributed by atoms with Gasteiger partial charge < -0.3 is 15.2 Å². The van der Waals surface area contributed by atoms with Crippen LogP contribution >= 0.6 is 0 Å². The van der Waals surface area contributed by atoms with Gasteiger partial charge in [0.15, 0.2) is 0 Å². The monoisotopic (exact) mass is 251 g/mol. The lowest BCUT2D eigenvalue weighted by molar-refractivity contribution is -0.104. The maximum absolute atomic E-state index is 6.59. The minimum absolute atomic E-state index is 0.0298. The van der Waals surface area contributed by atoms with Gasteiger partial charge in [0, 0.05) is 25.7 Å². The summed E-state index contributed by atoms with van der Waals surface area (Å²) in [6, 6.07) is 0.416. The Hall–Kier alpha value is -0.120. The van der Waals surface area contributed by atoms with Gasteiger partial charge in [0.05, 0.1) is 12.2 Å². The molecule has 4 aliphatic rings. The summed E-state index contributed by atoms with van der Waals surface area (Å²) in [6.45, 7) is 2.56. The first-order chi connectivity index (χ1) is 8.76. The van der Waals surface area contributed by atoms with Crippen LogP contribution in [-0.4, -0.2) is 31.5 Å². The summed E-state index contributed by atoms with van der Waals surface area (Å²) in [7, 11) is 0. The molecule has 102 valence electrons. The quantitative estimate of drug-likeness (QED) is 0.816. The highest BCUT2D eigenvalue weighted by atomic mass is 16.6.